The zero-order valence-electron chi connectivity index (χ0n) is 12.3. The number of halogens is 2. The summed E-state index contributed by atoms with van der Waals surface area (Å²) in [4.78, 5) is 1.71. The highest BCUT2D eigenvalue weighted by Crippen LogP contribution is 2.18. The Morgan fingerprint density at radius 2 is 1.86 bits per heavy atom. The normalized spacial score (nSPS) is 11.7. The quantitative estimate of drug-likeness (QED) is 0.817. The average molecular weight is 313 g/mol. The molecule has 0 radical (unpaired) electrons. The van der Waals surface area contributed by atoms with Crippen molar-refractivity contribution in [3.8, 4) is 0 Å². The van der Waals surface area contributed by atoms with Gasteiger partial charge in [0, 0.05) is 18.8 Å². The molecule has 0 aliphatic carbocycles. The minimum Gasteiger partial charge on any atom is -0.355 e. The van der Waals surface area contributed by atoms with Crippen LogP contribution in [0, 0.1) is 16.4 Å². The standard InChI is InChI=1S/C13H17F2N5S/c1-13(2,3)20-12(21)19(16-17-20)8-18(4)9-5-6-10(14)11(15)7-9/h5-7H,8H2,1-4H3. The summed E-state index contributed by atoms with van der Waals surface area (Å²) in [6, 6.07) is 3.72. The van der Waals surface area contributed by atoms with Crippen LogP contribution in [0.5, 0.6) is 0 Å². The van der Waals surface area contributed by atoms with Gasteiger partial charge in [0.2, 0.25) is 4.77 Å². The SMILES string of the molecule is CN(Cn1nnn(C(C)(C)C)c1=S)c1ccc(F)c(F)c1. The van der Waals surface area contributed by atoms with Crippen LogP contribution in [-0.4, -0.2) is 26.8 Å². The minimum absolute atomic E-state index is 0.268. The first-order valence-electron chi connectivity index (χ1n) is 6.39. The summed E-state index contributed by atoms with van der Waals surface area (Å²) in [7, 11) is 1.74. The average Bonchev–Trinajstić information content (AvgIpc) is 2.74. The van der Waals surface area contributed by atoms with Crippen LogP contribution in [0.4, 0.5) is 14.5 Å². The maximum atomic E-state index is 13.3. The maximum absolute atomic E-state index is 13.3. The van der Waals surface area contributed by atoms with Crippen molar-refractivity contribution in [2.75, 3.05) is 11.9 Å². The van der Waals surface area contributed by atoms with E-state index in [0.717, 1.165) is 12.1 Å². The molecule has 0 saturated heterocycles. The lowest BCUT2D eigenvalue weighted by atomic mass is 10.1. The molecule has 2 aromatic rings. The predicted octanol–water partition coefficient (Wildman–Crippen LogP) is 2.94. The molecule has 0 unspecified atom stereocenters. The van der Waals surface area contributed by atoms with E-state index in [9.17, 15) is 8.78 Å². The van der Waals surface area contributed by atoms with E-state index in [4.69, 9.17) is 12.2 Å². The molecule has 2 rings (SSSR count). The van der Waals surface area contributed by atoms with Crippen molar-refractivity contribution in [2.24, 2.45) is 0 Å². The van der Waals surface area contributed by atoms with E-state index in [0.29, 0.717) is 17.1 Å². The topological polar surface area (TPSA) is 38.9 Å². The fourth-order valence-electron chi connectivity index (χ4n) is 1.79. The molecule has 8 heteroatoms. The molecule has 114 valence electrons. The molecule has 0 aliphatic heterocycles. The Hall–Kier alpha value is -1.83. The van der Waals surface area contributed by atoms with E-state index in [1.807, 2.05) is 20.8 Å². The number of aromatic nitrogens is 4. The van der Waals surface area contributed by atoms with Crippen molar-refractivity contribution in [1.29, 1.82) is 0 Å². The summed E-state index contributed by atoms with van der Waals surface area (Å²) in [5.41, 5.74) is 0.261. The third-order valence-electron chi connectivity index (χ3n) is 2.96. The highest BCUT2D eigenvalue weighted by molar-refractivity contribution is 7.71. The number of hydrogen-bond acceptors (Lipinski definition) is 4. The molecule has 1 aromatic heterocycles. The zero-order valence-corrected chi connectivity index (χ0v) is 13.2. The van der Waals surface area contributed by atoms with Gasteiger partial charge in [0.25, 0.3) is 0 Å². The molecule has 5 nitrogen and oxygen atoms in total. The number of benzene rings is 1. The van der Waals surface area contributed by atoms with Crippen molar-refractivity contribution < 1.29 is 8.78 Å². The van der Waals surface area contributed by atoms with Gasteiger partial charge < -0.3 is 4.90 Å². The number of nitrogens with zero attached hydrogens (tertiary/aromatic N) is 5. The molecule has 0 fully saturated rings. The van der Waals surface area contributed by atoms with Gasteiger partial charge >= 0.3 is 0 Å². The molecule has 21 heavy (non-hydrogen) atoms. The summed E-state index contributed by atoms with van der Waals surface area (Å²) >= 11 is 5.33. The van der Waals surface area contributed by atoms with Gasteiger partial charge in [0.15, 0.2) is 11.6 Å². The van der Waals surface area contributed by atoms with Gasteiger partial charge in [-0.1, -0.05) is 0 Å². The summed E-state index contributed by atoms with van der Waals surface area (Å²) < 4.78 is 29.8. The Morgan fingerprint density at radius 1 is 1.19 bits per heavy atom. The van der Waals surface area contributed by atoms with E-state index in [2.05, 4.69) is 10.4 Å². The Morgan fingerprint density at radius 3 is 2.38 bits per heavy atom. The van der Waals surface area contributed by atoms with Gasteiger partial charge in [0.05, 0.1) is 5.54 Å². The summed E-state index contributed by atoms with van der Waals surface area (Å²) in [6.07, 6.45) is 0. The van der Waals surface area contributed by atoms with Crippen molar-refractivity contribution in [3.05, 3.63) is 34.6 Å². The molecule has 0 saturated carbocycles. The van der Waals surface area contributed by atoms with E-state index >= 15 is 0 Å². The number of anilines is 1. The van der Waals surface area contributed by atoms with Crippen LogP contribution in [0.25, 0.3) is 0 Å². The number of tetrazole rings is 1. The maximum Gasteiger partial charge on any atom is 0.218 e. The fraction of sp³-hybridized carbons (Fsp3) is 0.462. The molecule has 1 aromatic carbocycles. The van der Waals surface area contributed by atoms with Crippen LogP contribution in [0.15, 0.2) is 18.2 Å². The molecule has 0 amide bonds. The molecular formula is C13H17F2N5S. The highest BCUT2D eigenvalue weighted by atomic mass is 32.1. The fourth-order valence-corrected chi connectivity index (χ4v) is 2.19. The van der Waals surface area contributed by atoms with Crippen molar-refractivity contribution >= 4 is 17.9 Å². The third kappa shape index (κ3) is 3.26. The first kappa shape index (κ1) is 15.6. The van der Waals surface area contributed by atoms with Gasteiger partial charge in [-0.05, 0) is 55.5 Å². The van der Waals surface area contributed by atoms with Crippen LogP contribution in [0.3, 0.4) is 0 Å². The molecule has 0 atom stereocenters. The molecular weight excluding hydrogens is 296 g/mol. The predicted molar refractivity (Wildman–Crippen MR) is 78.6 cm³/mol. The first-order chi connectivity index (χ1) is 9.70. The van der Waals surface area contributed by atoms with E-state index < -0.39 is 11.6 Å². The van der Waals surface area contributed by atoms with Crippen LogP contribution < -0.4 is 4.90 Å². The Kier molecular flexibility index (Phi) is 4.08. The van der Waals surface area contributed by atoms with E-state index in [1.165, 1.54) is 10.7 Å². The lowest BCUT2D eigenvalue weighted by molar-refractivity contribution is 0.342. The Bertz CT molecular complexity index is 701. The summed E-state index contributed by atoms with van der Waals surface area (Å²) in [5.74, 6) is -1.76. The second kappa shape index (κ2) is 5.51. The minimum atomic E-state index is -0.888. The molecule has 0 bridgehead atoms. The molecule has 0 spiro atoms. The van der Waals surface area contributed by atoms with Crippen molar-refractivity contribution in [1.82, 2.24) is 19.8 Å². The van der Waals surface area contributed by atoms with Gasteiger partial charge in [-0.25, -0.2) is 13.5 Å². The second-order valence-electron chi connectivity index (χ2n) is 5.78. The molecule has 0 N–H and O–H groups in total. The largest absolute Gasteiger partial charge is 0.355 e. The smallest absolute Gasteiger partial charge is 0.218 e. The lowest BCUT2D eigenvalue weighted by Crippen LogP contribution is -2.25. The third-order valence-corrected chi connectivity index (χ3v) is 3.35. The monoisotopic (exact) mass is 313 g/mol. The Balaban J connectivity index is 2.24. The van der Waals surface area contributed by atoms with Crippen LogP contribution in [0.2, 0.25) is 0 Å². The second-order valence-corrected chi connectivity index (χ2v) is 6.15. The van der Waals surface area contributed by atoms with Gasteiger partial charge in [-0.2, -0.15) is 4.68 Å². The summed E-state index contributed by atoms with van der Waals surface area (Å²) in [6.45, 7) is 6.21. The number of rotatable bonds is 3. The van der Waals surface area contributed by atoms with Crippen LogP contribution >= 0.6 is 12.2 Å². The van der Waals surface area contributed by atoms with Gasteiger partial charge in [0.1, 0.15) is 6.67 Å². The number of hydrogen-bond donors (Lipinski definition) is 0. The first-order valence-corrected chi connectivity index (χ1v) is 6.80. The van der Waals surface area contributed by atoms with Gasteiger partial charge in [-0.15, -0.1) is 0 Å². The van der Waals surface area contributed by atoms with Crippen LogP contribution in [-0.2, 0) is 12.2 Å². The van der Waals surface area contributed by atoms with Gasteiger partial charge in [-0.3, -0.25) is 0 Å². The van der Waals surface area contributed by atoms with E-state index in [-0.39, 0.29) is 5.54 Å². The molecule has 0 aliphatic rings. The van der Waals surface area contributed by atoms with E-state index in [1.54, 1.807) is 16.6 Å². The summed E-state index contributed by atoms with van der Waals surface area (Å²) in [5, 5.41) is 8.03. The van der Waals surface area contributed by atoms with Crippen molar-refractivity contribution in [2.45, 2.75) is 33.0 Å². The Labute approximate surface area is 126 Å². The highest BCUT2D eigenvalue weighted by Gasteiger charge is 2.18. The van der Waals surface area contributed by atoms with Crippen LogP contribution in [0.1, 0.15) is 20.8 Å². The van der Waals surface area contributed by atoms with Crippen molar-refractivity contribution in [3.63, 3.8) is 0 Å². The lowest BCUT2D eigenvalue weighted by Gasteiger charge is -2.20. The zero-order chi connectivity index (χ0) is 15.8. The molecule has 1 heterocycles.